The van der Waals surface area contributed by atoms with Crippen LogP contribution in [-0.2, 0) is 7.05 Å². The normalized spacial score (nSPS) is 11.2. The molecule has 0 unspecified atom stereocenters. The number of nitrogens with one attached hydrogen (secondary N) is 1. The fraction of sp³-hybridized carbons (Fsp3) is 0.333. The molecule has 0 aliphatic carbocycles. The third-order valence-electron chi connectivity index (χ3n) is 2.77. The van der Waals surface area contributed by atoms with Crippen molar-refractivity contribution in [2.24, 2.45) is 7.05 Å². The minimum Gasteiger partial charge on any atom is -0.488 e. The van der Waals surface area contributed by atoms with Crippen LogP contribution in [0.15, 0.2) is 30.5 Å². The van der Waals surface area contributed by atoms with E-state index in [0.29, 0.717) is 17.1 Å². The Morgan fingerprint density at radius 2 is 1.90 bits per heavy atom. The highest BCUT2D eigenvalue weighted by molar-refractivity contribution is 6.07. The zero-order valence-electron chi connectivity index (χ0n) is 12.7. The number of carbonyl (C=O) groups is 1. The summed E-state index contributed by atoms with van der Waals surface area (Å²) >= 11 is 0. The summed E-state index contributed by atoms with van der Waals surface area (Å²) < 4.78 is 7.18. The molecular weight excluding hydrogens is 268 g/mol. The number of hydrogen-bond acceptors (Lipinski definition) is 4. The van der Waals surface area contributed by atoms with Gasteiger partial charge in [-0.25, -0.2) is 0 Å². The predicted octanol–water partition coefficient (Wildman–Crippen LogP) is 2.43. The van der Waals surface area contributed by atoms with Crippen molar-refractivity contribution in [2.45, 2.75) is 26.4 Å². The lowest BCUT2D eigenvalue weighted by molar-refractivity contribution is 0.102. The molecular formula is C15H20N4O2. The van der Waals surface area contributed by atoms with E-state index >= 15 is 0 Å². The lowest BCUT2D eigenvalue weighted by atomic mass is 10.2. The molecule has 2 aromatic rings. The number of ether oxygens (including phenoxy) is 1. The van der Waals surface area contributed by atoms with Crippen molar-refractivity contribution >= 4 is 17.4 Å². The first-order valence-electron chi connectivity index (χ1n) is 6.64. The standard InChI is InChI=1S/C15H20N4O2/c1-15(2,3)21-11-7-5-10(6-8-11)18-14(20)12-9-17-19(4)13(12)16/h5-9H,16H2,1-4H3,(H,18,20). The van der Waals surface area contributed by atoms with E-state index in [2.05, 4.69) is 10.4 Å². The number of nitrogen functional groups attached to an aromatic ring is 1. The molecule has 0 saturated heterocycles. The molecule has 3 N–H and O–H groups in total. The van der Waals surface area contributed by atoms with E-state index in [4.69, 9.17) is 10.5 Å². The van der Waals surface area contributed by atoms with Gasteiger partial charge in [0.2, 0.25) is 0 Å². The third-order valence-corrected chi connectivity index (χ3v) is 2.77. The fourth-order valence-electron chi connectivity index (χ4n) is 1.78. The second-order valence-corrected chi connectivity index (χ2v) is 5.76. The van der Waals surface area contributed by atoms with Gasteiger partial charge in [-0.2, -0.15) is 5.10 Å². The van der Waals surface area contributed by atoms with Gasteiger partial charge in [0.1, 0.15) is 22.7 Å². The molecule has 0 bridgehead atoms. The summed E-state index contributed by atoms with van der Waals surface area (Å²) in [6.07, 6.45) is 1.45. The van der Waals surface area contributed by atoms with Crippen LogP contribution in [0.3, 0.4) is 0 Å². The first-order valence-corrected chi connectivity index (χ1v) is 6.64. The van der Waals surface area contributed by atoms with E-state index in [1.165, 1.54) is 10.9 Å². The Morgan fingerprint density at radius 1 is 1.29 bits per heavy atom. The number of nitrogens with two attached hydrogens (primary N) is 1. The van der Waals surface area contributed by atoms with E-state index in [1.807, 2.05) is 32.9 Å². The van der Waals surface area contributed by atoms with Gasteiger partial charge in [0.15, 0.2) is 0 Å². The number of nitrogens with zero attached hydrogens (tertiary/aromatic N) is 2. The van der Waals surface area contributed by atoms with Crippen molar-refractivity contribution in [3.05, 3.63) is 36.0 Å². The van der Waals surface area contributed by atoms with Gasteiger partial charge in [-0.3, -0.25) is 9.48 Å². The molecule has 1 amide bonds. The monoisotopic (exact) mass is 288 g/mol. The molecule has 1 aromatic heterocycles. The van der Waals surface area contributed by atoms with Crippen LogP contribution < -0.4 is 15.8 Å². The van der Waals surface area contributed by atoms with Crippen molar-refractivity contribution in [3.8, 4) is 5.75 Å². The zero-order chi connectivity index (χ0) is 15.6. The summed E-state index contributed by atoms with van der Waals surface area (Å²) in [7, 11) is 1.69. The average Bonchev–Trinajstić information content (AvgIpc) is 2.71. The summed E-state index contributed by atoms with van der Waals surface area (Å²) in [4.78, 5) is 12.1. The van der Waals surface area contributed by atoms with Crippen LogP contribution >= 0.6 is 0 Å². The van der Waals surface area contributed by atoms with E-state index in [9.17, 15) is 4.79 Å². The SMILES string of the molecule is Cn1ncc(C(=O)Nc2ccc(OC(C)(C)C)cc2)c1N. The van der Waals surface area contributed by atoms with Crippen LogP contribution in [-0.4, -0.2) is 21.3 Å². The molecule has 0 spiro atoms. The Morgan fingerprint density at radius 3 is 2.38 bits per heavy atom. The minimum absolute atomic E-state index is 0.255. The van der Waals surface area contributed by atoms with Crippen LogP contribution in [0.5, 0.6) is 5.75 Å². The first kappa shape index (κ1) is 14.9. The molecule has 6 nitrogen and oxygen atoms in total. The molecule has 21 heavy (non-hydrogen) atoms. The minimum atomic E-state index is -0.287. The number of rotatable bonds is 3. The molecule has 2 rings (SSSR count). The summed E-state index contributed by atoms with van der Waals surface area (Å²) in [5.41, 5.74) is 6.54. The Kier molecular flexibility index (Phi) is 3.88. The van der Waals surface area contributed by atoms with Crippen molar-refractivity contribution < 1.29 is 9.53 Å². The van der Waals surface area contributed by atoms with Crippen molar-refractivity contribution in [3.63, 3.8) is 0 Å². The van der Waals surface area contributed by atoms with Crippen molar-refractivity contribution in [1.82, 2.24) is 9.78 Å². The number of anilines is 2. The summed E-state index contributed by atoms with van der Waals surface area (Å²) in [5, 5.41) is 6.72. The predicted molar refractivity (Wildman–Crippen MR) is 82.4 cm³/mol. The van der Waals surface area contributed by atoms with Gasteiger partial charge >= 0.3 is 0 Å². The highest BCUT2D eigenvalue weighted by Gasteiger charge is 2.14. The number of hydrogen-bond donors (Lipinski definition) is 2. The van der Waals surface area contributed by atoms with Crippen LogP contribution in [0.4, 0.5) is 11.5 Å². The smallest absolute Gasteiger partial charge is 0.261 e. The van der Waals surface area contributed by atoms with Gasteiger partial charge in [0.25, 0.3) is 5.91 Å². The highest BCUT2D eigenvalue weighted by atomic mass is 16.5. The maximum absolute atomic E-state index is 12.1. The maximum Gasteiger partial charge on any atom is 0.261 e. The summed E-state index contributed by atoms with van der Waals surface area (Å²) in [5.74, 6) is 0.798. The van der Waals surface area contributed by atoms with E-state index in [1.54, 1.807) is 19.2 Å². The van der Waals surface area contributed by atoms with Crippen molar-refractivity contribution in [2.75, 3.05) is 11.1 Å². The number of aromatic nitrogens is 2. The van der Waals surface area contributed by atoms with Crippen LogP contribution in [0, 0.1) is 0 Å². The Hall–Kier alpha value is -2.50. The number of aryl methyl sites for hydroxylation is 1. The van der Waals surface area contributed by atoms with Crippen LogP contribution in [0.25, 0.3) is 0 Å². The molecule has 0 radical (unpaired) electrons. The van der Waals surface area contributed by atoms with Gasteiger partial charge < -0.3 is 15.8 Å². The van der Waals surface area contributed by atoms with Crippen LogP contribution in [0.1, 0.15) is 31.1 Å². The molecule has 0 saturated carbocycles. The summed E-state index contributed by atoms with van der Waals surface area (Å²) in [6, 6.07) is 7.19. The van der Waals surface area contributed by atoms with Crippen LogP contribution in [0.2, 0.25) is 0 Å². The number of benzene rings is 1. The fourth-order valence-corrected chi connectivity index (χ4v) is 1.78. The average molecular weight is 288 g/mol. The van der Waals surface area contributed by atoms with E-state index in [0.717, 1.165) is 5.75 Å². The van der Waals surface area contributed by atoms with Gasteiger partial charge in [-0.1, -0.05) is 0 Å². The van der Waals surface area contributed by atoms with Gasteiger partial charge in [0.05, 0.1) is 6.20 Å². The molecule has 0 fully saturated rings. The molecule has 1 aromatic carbocycles. The lowest BCUT2D eigenvalue weighted by Crippen LogP contribution is -2.22. The Bertz CT molecular complexity index is 639. The topological polar surface area (TPSA) is 82.2 Å². The van der Waals surface area contributed by atoms with Gasteiger partial charge in [-0.15, -0.1) is 0 Å². The van der Waals surface area contributed by atoms with Gasteiger partial charge in [-0.05, 0) is 45.0 Å². The largest absolute Gasteiger partial charge is 0.488 e. The summed E-state index contributed by atoms with van der Waals surface area (Å²) in [6.45, 7) is 5.94. The van der Waals surface area contributed by atoms with E-state index in [-0.39, 0.29) is 11.5 Å². The Labute approximate surface area is 123 Å². The Balaban J connectivity index is 2.07. The number of amides is 1. The molecule has 0 aliphatic heterocycles. The molecule has 1 heterocycles. The number of carbonyl (C=O) groups excluding carboxylic acids is 1. The quantitative estimate of drug-likeness (QED) is 0.908. The van der Waals surface area contributed by atoms with Crippen molar-refractivity contribution in [1.29, 1.82) is 0 Å². The molecule has 112 valence electrons. The maximum atomic E-state index is 12.1. The first-order chi connectivity index (χ1) is 9.76. The lowest BCUT2D eigenvalue weighted by Gasteiger charge is -2.21. The van der Waals surface area contributed by atoms with E-state index < -0.39 is 0 Å². The molecule has 0 atom stereocenters. The zero-order valence-corrected chi connectivity index (χ0v) is 12.7. The third kappa shape index (κ3) is 3.75. The second kappa shape index (κ2) is 5.47. The van der Waals surface area contributed by atoms with Gasteiger partial charge in [0, 0.05) is 12.7 Å². The second-order valence-electron chi connectivity index (χ2n) is 5.76. The highest BCUT2D eigenvalue weighted by Crippen LogP contribution is 2.21. The molecule has 6 heteroatoms. The molecule has 0 aliphatic rings.